The van der Waals surface area contributed by atoms with Gasteiger partial charge in [-0.2, -0.15) is 0 Å². The molecule has 1 aliphatic rings. The van der Waals surface area contributed by atoms with Crippen LogP contribution in [0.4, 0.5) is 0 Å². The molecule has 2 aromatic heterocycles. The number of hydrogen-bond donors (Lipinski definition) is 0. The Balaban J connectivity index is 1.85. The summed E-state index contributed by atoms with van der Waals surface area (Å²) in [4.78, 5) is 2.52. The highest BCUT2D eigenvalue weighted by Gasteiger charge is 2.52. The zero-order chi connectivity index (χ0) is 14.5. The second kappa shape index (κ2) is 4.95. The SMILES string of the molecule is CC1(C)OB(c2ccc(-c3ccc(Br)s3)s2)OC1(C)C. The Hall–Kier alpha value is -0.135. The van der Waals surface area contributed by atoms with Crippen LogP contribution in [0.5, 0.6) is 0 Å². The molecular formula is C14H16BBrO2S2. The van der Waals surface area contributed by atoms with Crippen molar-refractivity contribution in [1.82, 2.24) is 0 Å². The second-order valence-corrected chi connectivity index (χ2v) is 9.47. The van der Waals surface area contributed by atoms with Crippen molar-refractivity contribution in [3.63, 3.8) is 0 Å². The molecule has 0 saturated carbocycles. The van der Waals surface area contributed by atoms with Crippen molar-refractivity contribution in [2.45, 2.75) is 38.9 Å². The highest BCUT2D eigenvalue weighted by molar-refractivity contribution is 9.11. The van der Waals surface area contributed by atoms with E-state index in [0.29, 0.717) is 0 Å². The lowest BCUT2D eigenvalue weighted by Gasteiger charge is -2.32. The summed E-state index contributed by atoms with van der Waals surface area (Å²) >= 11 is 6.99. The third kappa shape index (κ3) is 2.52. The van der Waals surface area contributed by atoms with Crippen LogP contribution in [-0.4, -0.2) is 18.3 Å². The largest absolute Gasteiger partial charge is 0.505 e. The van der Waals surface area contributed by atoms with E-state index in [0.717, 1.165) is 8.56 Å². The van der Waals surface area contributed by atoms with Crippen LogP contribution in [0.2, 0.25) is 0 Å². The van der Waals surface area contributed by atoms with Crippen molar-refractivity contribution in [2.24, 2.45) is 0 Å². The third-order valence-electron chi connectivity index (χ3n) is 3.93. The van der Waals surface area contributed by atoms with Gasteiger partial charge in [0.15, 0.2) is 0 Å². The molecule has 0 N–H and O–H groups in total. The molecule has 2 nitrogen and oxygen atoms in total. The van der Waals surface area contributed by atoms with Gasteiger partial charge in [-0.1, -0.05) is 6.07 Å². The summed E-state index contributed by atoms with van der Waals surface area (Å²) in [7, 11) is -0.262. The first-order valence-electron chi connectivity index (χ1n) is 6.50. The van der Waals surface area contributed by atoms with Gasteiger partial charge >= 0.3 is 7.12 Å². The van der Waals surface area contributed by atoms with Crippen molar-refractivity contribution in [3.8, 4) is 9.75 Å². The molecule has 1 aliphatic heterocycles. The molecule has 3 heterocycles. The Bertz CT molecular complexity index is 617. The van der Waals surface area contributed by atoms with Crippen LogP contribution < -0.4 is 4.78 Å². The Morgan fingerprint density at radius 1 is 0.900 bits per heavy atom. The summed E-state index contributed by atoms with van der Waals surface area (Å²) < 4.78 is 14.5. The minimum absolute atomic E-state index is 0.262. The molecule has 0 spiro atoms. The first-order valence-corrected chi connectivity index (χ1v) is 8.92. The molecule has 0 atom stereocenters. The highest BCUT2D eigenvalue weighted by atomic mass is 79.9. The molecule has 106 valence electrons. The van der Waals surface area contributed by atoms with Gasteiger partial charge in [0.25, 0.3) is 0 Å². The molecule has 0 aliphatic carbocycles. The van der Waals surface area contributed by atoms with Crippen molar-refractivity contribution < 1.29 is 9.31 Å². The monoisotopic (exact) mass is 370 g/mol. The zero-order valence-electron chi connectivity index (χ0n) is 11.9. The Labute approximate surface area is 136 Å². The van der Waals surface area contributed by atoms with Crippen molar-refractivity contribution >= 4 is 50.5 Å². The smallest absolute Gasteiger partial charge is 0.399 e. The van der Waals surface area contributed by atoms with Gasteiger partial charge in [0.2, 0.25) is 0 Å². The third-order valence-corrected chi connectivity index (χ3v) is 6.85. The van der Waals surface area contributed by atoms with Crippen molar-refractivity contribution in [2.75, 3.05) is 0 Å². The summed E-state index contributed by atoms with van der Waals surface area (Å²) in [5, 5.41) is 0. The molecule has 1 saturated heterocycles. The molecule has 3 rings (SSSR count). The van der Waals surface area contributed by atoms with Gasteiger partial charge in [0, 0.05) is 14.5 Å². The standard InChI is InChI=1S/C14H16BBrO2S2/c1-13(2)14(3,4)18-15(17-13)11-7-5-9(19-11)10-6-8-12(16)20-10/h5-8H,1-4H3. The van der Waals surface area contributed by atoms with Crippen molar-refractivity contribution in [1.29, 1.82) is 0 Å². The lowest BCUT2D eigenvalue weighted by atomic mass is 9.88. The molecule has 0 bridgehead atoms. The maximum absolute atomic E-state index is 6.09. The summed E-state index contributed by atoms with van der Waals surface area (Å²) in [5.74, 6) is 0. The van der Waals surface area contributed by atoms with Crippen LogP contribution in [-0.2, 0) is 9.31 Å². The maximum atomic E-state index is 6.09. The second-order valence-electron chi connectivity index (χ2n) is 5.89. The topological polar surface area (TPSA) is 18.5 Å². The van der Waals surface area contributed by atoms with Crippen LogP contribution >= 0.6 is 38.6 Å². The molecule has 1 fully saturated rings. The van der Waals surface area contributed by atoms with E-state index >= 15 is 0 Å². The van der Waals surface area contributed by atoms with Gasteiger partial charge in [0.1, 0.15) is 0 Å². The molecule has 0 radical (unpaired) electrons. The minimum atomic E-state index is -0.284. The van der Waals surface area contributed by atoms with E-state index in [2.05, 4.69) is 67.9 Å². The van der Waals surface area contributed by atoms with Gasteiger partial charge in [-0.25, -0.2) is 0 Å². The van der Waals surface area contributed by atoms with Crippen LogP contribution in [0.3, 0.4) is 0 Å². The molecule has 0 unspecified atom stereocenters. The van der Waals surface area contributed by atoms with Gasteiger partial charge in [-0.15, -0.1) is 22.7 Å². The lowest BCUT2D eigenvalue weighted by Crippen LogP contribution is -2.41. The first kappa shape index (κ1) is 14.8. The van der Waals surface area contributed by atoms with Crippen LogP contribution in [0, 0.1) is 0 Å². The Morgan fingerprint density at radius 3 is 2.00 bits per heavy atom. The molecule has 0 amide bonds. The Kier molecular flexibility index (Phi) is 3.66. The normalized spacial score (nSPS) is 20.6. The van der Waals surface area contributed by atoms with E-state index in [1.54, 1.807) is 22.7 Å². The summed E-state index contributed by atoms with van der Waals surface area (Å²) in [6, 6.07) is 8.46. The van der Waals surface area contributed by atoms with Crippen LogP contribution in [0.1, 0.15) is 27.7 Å². The van der Waals surface area contributed by atoms with E-state index in [1.807, 2.05) is 0 Å². The van der Waals surface area contributed by atoms with Crippen LogP contribution in [0.15, 0.2) is 28.1 Å². The predicted molar refractivity (Wildman–Crippen MR) is 91.0 cm³/mol. The first-order chi connectivity index (χ1) is 9.28. The summed E-state index contributed by atoms with van der Waals surface area (Å²) in [5.41, 5.74) is -0.568. The molecular weight excluding hydrogens is 355 g/mol. The number of rotatable bonds is 2. The van der Waals surface area contributed by atoms with Gasteiger partial charge in [-0.3, -0.25) is 0 Å². The predicted octanol–water partition coefficient (Wildman–Crippen LogP) is 4.54. The molecule has 20 heavy (non-hydrogen) atoms. The fraction of sp³-hybridized carbons (Fsp3) is 0.429. The highest BCUT2D eigenvalue weighted by Crippen LogP contribution is 2.38. The van der Waals surface area contributed by atoms with Gasteiger partial charge < -0.3 is 9.31 Å². The maximum Gasteiger partial charge on any atom is 0.505 e. The molecule has 2 aromatic rings. The van der Waals surface area contributed by atoms with E-state index in [1.165, 1.54) is 9.75 Å². The number of halogens is 1. The van der Waals surface area contributed by atoms with Gasteiger partial charge in [0.05, 0.1) is 15.0 Å². The summed E-state index contributed by atoms with van der Waals surface area (Å²) in [6.07, 6.45) is 0. The summed E-state index contributed by atoms with van der Waals surface area (Å²) in [6.45, 7) is 8.32. The fourth-order valence-corrected chi connectivity index (χ4v) is 4.46. The average molecular weight is 371 g/mol. The van der Waals surface area contributed by atoms with Crippen molar-refractivity contribution in [3.05, 3.63) is 28.1 Å². The van der Waals surface area contributed by atoms with E-state index in [9.17, 15) is 0 Å². The van der Waals surface area contributed by atoms with E-state index < -0.39 is 0 Å². The molecule has 6 heteroatoms. The Morgan fingerprint density at radius 2 is 1.45 bits per heavy atom. The zero-order valence-corrected chi connectivity index (χ0v) is 15.1. The lowest BCUT2D eigenvalue weighted by molar-refractivity contribution is 0.00578. The fourth-order valence-electron chi connectivity index (χ4n) is 2.02. The average Bonchev–Trinajstić information content (AvgIpc) is 2.98. The quantitative estimate of drug-likeness (QED) is 0.722. The molecule has 0 aromatic carbocycles. The van der Waals surface area contributed by atoms with Gasteiger partial charge in [-0.05, 0) is 61.8 Å². The van der Waals surface area contributed by atoms with Crippen LogP contribution in [0.25, 0.3) is 9.75 Å². The number of thiophene rings is 2. The van der Waals surface area contributed by atoms with E-state index in [-0.39, 0.29) is 18.3 Å². The minimum Gasteiger partial charge on any atom is -0.399 e. The number of hydrogen-bond acceptors (Lipinski definition) is 4. The van der Waals surface area contributed by atoms with E-state index in [4.69, 9.17) is 9.31 Å².